The van der Waals surface area contributed by atoms with Gasteiger partial charge in [0.2, 0.25) is 5.91 Å². The second-order valence-electron chi connectivity index (χ2n) is 7.66. The third kappa shape index (κ3) is 3.47. The van der Waals surface area contributed by atoms with Crippen molar-refractivity contribution in [3.63, 3.8) is 0 Å². The van der Waals surface area contributed by atoms with Crippen LogP contribution in [-0.2, 0) is 24.4 Å². The fourth-order valence-electron chi connectivity index (χ4n) is 4.21. The Hall–Kier alpha value is -4.13. The average molecular weight is 425 g/mol. The summed E-state index contributed by atoms with van der Waals surface area (Å²) in [5.74, 6) is 0.320. The largest absolute Gasteiger partial charge is 0.329 e. The van der Waals surface area contributed by atoms with Crippen LogP contribution in [0.15, 0.2) is 83.8 Å². The first-order valence-corrected chi connectivity index (χ1v) is 10.6. The van der Waals surface area contributed by atoms with Gasteiger partial charge in [0, 0.05) is 12.6 Å². The lowest BCUT2D eigenvalue weighted by atomic mass is 10.0. The number of imidazole rings is 1. The van der Waals surface area contributed by atoms with Gasteiger partial charge in [-0.05, 0) is 35.4 Å². The Kier molecular flexibility index (Phi) is 5.07. The van der Waals surface area contributed by atoms with Crippen LogP contribution in [-0.4, -0.2) is 24.8 Å². The summed E-state index contributed by atoms with van der Waals surface area (Å²) >= 11 is 0. The third-order valence-corrected chi connectivity index (χ3v) is 5.73. The summed E-state index contributed by atoms with van der Waals surface area (Å²) in [4.78, 5) is 25.7. The molecule has 0 bridgehead atoms. The van der Waals surface area contributed by atoms with Gasteiger partial charge >= 0.3 is 5.69 Å². The molecule has 1 amide bonds. The minimum absolute atomic E-state index is 0.0637. The van der Waals surface area contributed by atoms with Crippen LogP contribution in [0.4, 0.5) is 5.82 Å². The zero-order valence-corrected chi connectivity index (χ0v) is 17.7. The number of para-hydroxylation sites is 2. The summed E-state index contributed by atoms with van der Waals surface area (Å²) in [6.45, 7) is 2.93. The number of rotatable bonds is 6. The first kappa shape index (κ1) is 19.8. The van der Waals surface area contributed by atoms with Crippen LogP contribution in [0, 0.1) is 0 Å². The van der Waals surface area contributed by atoms with E-state index in [4.69, 9.17) is 0 Å². The molecule has 0 aliphatic heterocycles. The third-order valence-electron chi connectivity index (χ3n) is 5.73. The standard InChI is InChI=1S/C25H23N5O2/c1-2-28-21-12-5-6-13-22(21)29(25(28)32)17-24(31)27-23-14-15-26-30(23)16-19-10-7-9-18-8-3-4-11-20(18)19/h3-15H,2,16-17H2,1H3,(H,27,31). The number of hydrogen-bond acceptors (Lipinski definition) is 3. The summed E-state index contributed by atoms with van der Waals surface area (Å²) in [5.41, 5.74) is 2.50. The Morgan fingerprint density at radius 1 is 0.906 bits per heavy atom. The smallest absolute Gasteiger partial charge is 0.309 e. The summed E-state index contributed by atoms with van der Waals surface area (Å²) in [6, 6.07) is 23.7. The number of hydrogen-bond donors (Lipinski definition) is 1. The predicted molar refractivity (Wildman–Crippen MR) is 126 cm³/mol. The van der Waals surface area contributed by atoms with Crippen LogP contribution in [0.25, 0.3) is 21.8 Å². The van der Waals surface area contributed by atoms with Crippen LogP contribution in [0.1, 0.15) is 12.5 Å². The number of nitrogens with zero attached hydrogens (tertiary/aromatic N) is 4. The molecule has 32 heavy (non-hydrogen) atoms. The molecule has 0 atom stereocenters. The van der Waals surface area contributed by atoms with E-state index < -0.39 is 0 Å². The fraction of sp³-hybridized carbons (Fsp3) is 0.160. The van der Waals surface area contributed by atoms with E-state index in [0.717, 1.165) is 27.4 Å². The number of aromatic nitrogens is 4. The molecule has 0 saturated heterocycles. The van der Waals surface area contributed by atoms with E-state index in [1.165, 1.54) is 4.57 Å². The quantitative estimate of drug-likeness (QED) is 0.449. The van der Waals surface area contributed by atoms with Crippen molar-refractivity contribution in [3.8, 4) is 0 Å². The van der Waals surface area contributed by atoms with Gasteiger partial charge in [-0.25, -0.2) is 9.48 Å². The maximum absolute atomic E-state index is 12.9. The molecular formula is C25H23N5O2. The van der Waals surface area contributed by atoms with Crippen LogP contribution in [0.5, 0.6) is 0 Å². The van der Waals surface area contributed by atoms with E-state index in [2.05, 4.69) is 34.7 Å². The fourth-order valence-corrected chi connectivity index (χ4v) is 4.21. The molecule has 2 heterocycles. The maximum atomic E-state index is 12.9. The molecule has 0 saturated carbocycles. The van der Waals surface area contributed by atoms with Gasteiger partial charge in [0.25, 0.3) is 0 Å². The van der Waals surface area contributed by atoms with E-state index in [1.807, 2.05) is 49.4 Å². The van der Waals surface area contributed by atoms with Crippen molar-refractivity contribution in [2.24, 2.45) is 0 Å². The van der Waals surface area contributed by atoms with Gasteiger partial charge < -0.3 is 5.32 Å². The van der Waals surface area contributed by atoms with Crippen molar-refractivity contribution in [3.05, 3.63) is 95.0 Å². The Balaban J connectivity index is 1.39. The number of benzene rings is 3. The van der Waals surface area contributed by atoms with E-state index in [0.29, 0.717) is 18.9 Å². The highest BCUT2D eigenvalue weighted by atomic mass is 16.2. The highest BCUT2D eigenvalue weighted by Gasteiger charge is 2.16. The minimum Gasteiger partial charge on any atom is -0.309 e. The van der Waals surface area contributed by atoms with Crippen LogP contribution < -0.4 is 11.0 Å². The van der Waals surface area contributed by atoms with E-state index in [9.17, 15) is 9.59 Å². The molecule has 0 aliphatic rings. The molecule has 7 nitrogen and oxygen atoms in total. The maximum Gasteiger partial charge on any atom is 0.329 e. The number of nitrogens with one attached hydrogen (secondary N) is 1. The molecule has 3 aromatic carbocycles. The molecule has 0 unspecified atom stereocenters. The minimum atomic E-state index is -0.272. The normalized spacial score (nSPS) is 11.3. The van der Waals surface area contributed by atoms with Crippen molar-refractivity contribution < 1.29 is 4.79 Å². The molecule has 5 rings (SSSR count). The number of anilines is 1. The van der Waals surface area contributed by atoms with Gasteiger partial charge in [-0.15, -0.1) is 0 Å². The van der Waals surface area contributed by atoms with E-state index in [-0.39, 0.29) is 18.1 Å². The summed E-state index contributed by atoms with van der Waals surface area (Å²) < 4.78 is 4.95. The van der Waals surface area contributed by atoms with Crippen LogP contribution >= 0.6 is 0 Å². The number of amides is 1. The Bertz CT molecular complexity index is 1490. The first-order chi connectivity index (χ1) is 15.7. The second kappa shape index (κ2) is 8.19. The Morgan fingerprint density at radius 2 is 1.62 bits per heavy atom. The molecule has 0 aliphatic carbocycles. The molecule has 5 aromatic rings. The topological polar surface area (TPSA) is 73.8 Å². The lowest BCUT2D eigenvalue weighted by Crippen LogP contribution is -2.29. The molecule has 2 aromatic heterocycles. The van der Waals surface area contributed by atoms with Gasteiger partial charge in [0.1, 0.15) is 12.4 Å². The zero-order chi connectivity index (χ0) is 22.1. The summed E-state index contributed by atoms with van der Waals surface area (Å²) in [6.07, 6.45) is 1.66. The van der Waals surface area contributed by atoms with Crippen molar-refractivity contribution in [2.75, 3.05) is 5.32 Å². The zero-order valence-electron chi connectivity index (χ0n) is 17.7. The lowest BCUT2D eigenvalue weighted by Gasteiger charge is -2.11. The van der Waals surface area contributed by atoms with Gasteiger partial charge in [0.05, 0.1) is 23.8 Å². The van der Waals surface area contributed by atoms with Gasteiger partial charge in [-0.2, -0.15) is 5.10 Å². The number of aryl methyl sites for hydroxylation is 1. The van der Waals surface area contributed by atoms with E-state index in [1.54, 1.807) is 21.5 Å². The van der Waals surface area contributed by atoms with Crippen molar-refractivity contribution in [1.82, 2.24) is 18.9 Å². The second-order valence-corrected chi connectivity index (χ2v) is 7.66. The molecule has 160 valence electrons. The predicted octanol–water partition coefficient (Wildman–Crippen LogP) is 3.86. The molecule has 1 N–H and O–H groups in total. The molecular weight excluding hydrogens is 402 g/mol. The van der Waals surface area contributed by atoms with Gasteiger partial charge in [0.15, 0.2) is 0 Å². The van der Waals surface area contributed by atoms with Gasteiger partial charge in [-0.1, -0.05) is 54.6 Å². The summed E-state index contributed by atoms with van der Waals surface area (Å²) in [5, 5.41) is 9.63. The van der Waals surface area contributed by atoms with E-state index >= 15 is 0 Å². The Labute approximate surface area is 184 Å². The molecule has 0 radical (unpaired) electrons. The van der Waals surface area contributed by atoms with Gasteiger partial charge in [-0.3, -0.25) is 13.9 Å². The van der Waals surface area contributed by atoms with Crippen LogP contribution in [0.3, 0.4) is 0 Å². The van der Waals surface area contributed by atoms with Crippen molar-refractivity contribution in [1.29, 1.82) is 0 Å². The summed E-state index contributed by atoms with van der Waals surface area (Å²) in [7, 11) is 0. The first-order valence-electron chi connectivity index (χ1n) is 10.6. The van der Waals surface area contributed by atoms with Crippen molar-refractivity contribution >= 4 is 33.5 Å². The SMILES string of the molecule is CCn1c(=O)n(CC(=O)Nc2ccnn2Cc2cccc3ccccc23)c2ccccc21. The molecule has 0 fully saturated rings. The number of carbonyl (C=O) groups is 1. The van der Waals surface area contributed by atoms with Crippen LogP contribution in [0.2, 0.25) is 0 Å². The lowest BCUT2D eigenvalue weighted by molar-refractivity contribution is -0.116. The highest BCUT2D eigenvalue weighted by Crippen LogP contribution is 2.21. The van der Waals surface area contributed by atoms with Crippen molar-refractivity contribution in [2.45, 2.75) is 26.6 Å². The highest BCUT2D eigenvalue weighted by molar-refractivity contribution is 5.91. The Morgan fingerprint density at radius 3 is 2.44 bits per heavy atom. The average Bonchev–Trinajstić information content (AvgIpc) is 3.35. The number of fused-ring (bicyclic) bond motifs is 2. The number of carbonyl (C=O) groups excluding carboxylic acids is 1. The molecule has 0 spiro atoms. The monoisotopic (exact) mass is 425 g/mol. The molecule has 7 heteroatoms.